The van der Waals surface area contributed by atoms with E-state index in [0.29, 0.717) is 28.8 Å². The van der Waals surface area contributed by atoms with Crippen molar-refractivity contribution in [2.24, 2.45) is 5.10 Å². The molecule has 5 aromatic rings. The van der Waals surface area contributed by atoms with Gasteiger partial charge in [0, 0.05) is 32.7 Å². The molecule has 0 saturated carbocycles. The normalized spacial score (nSPS) is 11.7. The van der Waals surface area contributed by atoms with Crippen molar-refractivity contribution in [3.8, 4) is 0 Å². The molecule has 2 aromatic heterocycles. The van der Waals surface area contributed by atoms with Crippen molar-refractivity contribution < 1.29 is 4.39 Å². The molecule has 0 fully saturated rings. The molecular formula is C25H18BrFN4O. The van der Waals surface area contributed by atoms with E-state index in [1.54, 1.807) is 37.4 Å². The lowest BCUT2D eigenvalue weighted by atomic mass is 10.2. The third kappa shape index (κ3) is 3.65. The third-order valence-corrected chi connectivity index (χ3v) is 5.89. The summed E-state index contributed by atoms with van der Waals surface area (Å²) in [5, 5.41) is 5.91. The van der Waals surface area contributed by atoms with Gasteiger partial charge in [0.2, 0.25) is 0 Å². The van der Waals surface area contributed by atoms with Gasteiger partial charge < -0.3 is 4.57 Å². The Kier molecular flexibility index (Phi) is 5.19. The zero-order valence-corrected chi connectivity index (χ0v) is 18.8. The molecule has 0 N–H and O–H groups in total. The number of fused-ring (bicyclic) bond motifs is 2. The summed E-state index contributed by atoms with van der Waals surface area (Å²) in [6, 6.07) is 20.0. The Morgan fingerprint density at radius 3 is 2.69 bits per heavy atom. The molecule has 0 radical (unpaired) electrons. The van der Waals surface area contributed by atoms with Crippen LogP contribution in [-0.2, 0) is 6.54 Å². The zero-order chi connectivity index (χ0) is 22.2. The summed E-state index contributed by atoms with van der Waals surface area (Å²) < 4.78 is 18.3. The summed E-state index contributed by atoms with van der Waals surface area (Å²) in [4.78, 5) is 17.5. The molecule has 0 spiro atoms. The van der Waals surface area contributed by atoms with Crippen molar-refractivity contribution in [2.45, 2.75) is 13.5 Å². The van der Waals surface area contributed by atoms with E-state index in [1.165, 1.54) is 10.7 Å². The van der Waals surface area contributed by atoms with Gasteiger partial charge in [-0.05, 0) is 37.3 Å². The Morgan fingerprint density at radius 1 is 1.06 bits per heavy atom. The highest BCUT2D eigenvalue weighted by Gasteiger charge is 2.11. The van der Waals surface area contributed by atoms with Crippen molar-refractivity contribution >= 4 is 44.0 Å². The quantitative estimate of drug-likeness (QED) is 0.314. The predicted octanol–water partition coefficient (Wildman–Crippen LogP) is 5.49. The first kappa shape index (κ1) is 20.3. The molecule has 0 aliphatic carbocycles. The average Bonchev–Trinajstić information content (AvgIpc) is 3.13. The molecule has 5 nitrogen and oxygen atoms in total. The topological polar surface area (TPSA) is 52.2 Å². The van der Waals surface area contributed by atoms with Crippen molar-refractivity contribution in [2.75, 3.05) is 0 Å². The number of aromatic nitrogens is 3. The van der Waals surface area contributed by atoms with Crippen LogP contribution in [0.4, 0.5) is 4.39 Å². The number of hydrogen-bond acceptors (Lipinski definition) is 3. The highest BCUT2D eigenvalue weighted by molar-refractivity contribution is 9.10. The Labute approximate surface area is 191 Å². The van der Waals surface area contributed by atoms with E-state index in [0.717, 1.165) is 20.9 Å². The maximum Gasteiger partial charge on any atom is 0.282 e. The second-order valence-electron chi connectivity index (χ2n) is 7.50. The van der Waals surface area contributed by atoms with E-state index in [2.05, 4.69) is 26.0 Å². The summed E-state index contributed by atoms with van der Waals surface area (Å²) in [7, 11) is 0. The molecule has 0 aliphatic rings. The number of para-hydroxylation sites is 1. The smallest absolute Gasteiger partial charge is 0.282 e. The van der Waals surface area contributed by atoms with Gasteiger partial charge >= 0.3 is 0 Å². The first-order valence-electron chi connectivity index (χ1n) is 10.1. The Hall–Kier alpha value is -3.58. The van der Waals surface area contributed by atoms with Crippen molar-refractivity contribution in [3.63, 3.8) is 0 Å². The standard InChI is InChI=1S/C25H18BrFN4O/c1-16-29-23-11-10-19(26)12-21(23)25(32)31(16)28-13-18-15-30(24-9-5-3-7-20(18)24)14-17-6-2-4-8-22(17)27/h2-13,15H,14H2,1H3. The lowest BCUT2D eigenvalue weighted by Crippen LogP contribution is -2.20. The first-order valence-corrected chi connectivity index (χ1v) is 10.8. The molecule has 0 amide bonds. The number of halogens is 2. The lowest BCUT2D eigenvalue weighted by molar-refractivity contribution is 0.602. The Bertz CT molecular complexity index is 1570. The zero-order valence-electron chi connectivity index (χ0n) is 17.2. The van der Waals surface area contributed by atoms with Crippen LogP contribution in [0.5, 0.6) is 0 Å². The van der Waals surface area contributed by atoms with Gasteiger partial charge in [-0.25, -0.2) is 9.37 Å². The van der Waals surface area contributed by atoms with Crippen LogP contribution in [0.1, 0.15) is 17.0 Å². The molecular weight excluding hydrogens is 471 g/mol. The van der Waals surface area contributed by atoms with Gasteiger partial charge in [0.1, 0.15) is 11.6 Å². The summed E-state index contributed by atoms with van der Waals surface area (Å²) >= 11 is 3.40. The van der Waals surface area contributed by atoms with Crippen LogP contribution in [0.2, 0.25) is 0 Å². The Balaban J connectivity index is 1.59. The van der Waals surface area contributed by atoms with Crippen LogP contribution in [0, 0.1) is 12.7 Å². The first-order chi connectivity index (χ1) is 15.5. The maximum absolute atomic E-state index is 14.2. The fourth-order valence-corrected chi connectivity index (χ4v) is 4.20. The molecule has 0 aliphatic heterocycles. The molecule has 0 atom stereocenters. The van der Waals surface area contributed by atoms with Gasteiger partial charge in [0.15, 0.2) is 0 Å². The minimum atomic E-state index is -0.240. The Morgan fingerprint density at radius 2 is 1.84 bits per heavy atom. The molecule has 0 unspecified atom stereocenters. The van der Waals surface area contributed by atoms with Gasteiger partial charge in [0.05, 0.1) is 23.7 Å². The van der Waals surface area contributed by atoms with Crippen LogP contribution < -0.4 is 5.56 Å². The number of nitrogens with zero attached hydrogens (tertiary/aromatic N) is 4. The van der Waals surface area contributed by atoms with Gasteiger partial charge in [-0.2, -0.15) is 9.78 Å². The predicted molar refractivity (Wildman–Crippen MR) is 129 cm³/mol. The fourth-order valence-electron chi connectivity index (χ4n) is 3.83. The third-order valence-electron chi connectivity index (χ3n) is 5.40. The maximum atomic E-state index is 14.2. The second kappa shape index (κ2) is 8.16. The van der Waals surface area contributed by atoms with E-state index in [1.807, 2.05) is 47.2 Å². The van der Waals surface area contributed by atoms with Crippen LogP contribution in [-0.4, -0.2) is 20.4 Å². The molecule has 5 rings (SSSR count). The molecule has 7 heteroatoms. The highest BCUT2D eigenvalue weighted by Crippen LogP contribution is 2.22. The van der Waals surface area contributed by atoms with Crippen molar-refractivity contribution in [1.82, 2.24) is 14.2 Å². The SMILES string of the molecule is Cc1nc2ccc(Br)cc2c(=O)n1N=Cc1cn(Cc2ccccc2F)c2ccccc12. The molecule has 0 bridgehead atoms. The fraction of sp³-hybridized carbons (Fsp3) is 0.0800. The van der Waals surface area contributed by atoms with E-state index in [-0.39, 0.29) is 11.4 Å². The van der Waals surface area contributed by atoms with Gasteiger partial charge in [0.25, 0.3) is 5.56 Å². The summed E-state index contributed by atoms with van der Waals surface area (Å²) in [6.45, 7) is 2.15. The average molecular weight is 489 g/mol. The number of benzene rings is 3. The van der Waals surface area contributed by atoms with E-state index < -0.39 is 0 Å². The molecule has 3 aromatic carbocycles. The van der Waals surface area contributed by atoms with Gasteiger partial charge in [-0.15, -0.1) is 0 Å². The van der Waals surface area contributed by atoms with Gasteiger partial charge in [-0.1, -0.05) is 52.3 Å². The second-order valence-corrected chi connectivity index (χ2v) is 8.42. The van der Waals surface area contributed by atoms with Gasteiger partial charge in [-0.3, -0.25) is 4.79 Å². The number of aryl methyl sites for hydroxylation is 1. The van der Waals surface area contributed by atoms with Crippen LogP contribution in [0.25, 0.3) is 21.8 Å². The minimum Gasteiger partial charge on any atom is -0.342 e. The molecule has 158 valence electrons. The largest absolute Gasteiger partial charge is 0.342 e. The van der Waals surface area contributed by atoms with E-state index >= 15 is 0 Å². The summed E-state index contributed by atoms with van der Waals surface area (Å²) in [5.41, 5.74) is 2.79. The number of rotatable bonds is 4. The highest BCUT2D eigenvalue weighted by atomic mass is 79.9. The molecule has 0 saturated heterocycles. The summed E-state index contributed by atoms with van der Waals surface area (Å²) in [5.74, 6) is 0.257. The minimum absolute atomic E-state index is 0.236. The van der Waals surface area contributed by atoms with Crippen LogP contribution >= 0.6 is 15.9 Å². The van der Waals surface area contributed by atoms with Crippen molar-refractivity contribution in [1.29, 1.82) is 0 Å². The molecule has 2 heterocycles. The monoisotopic (exact) mass is 488 g/mol. The number of hydrogen-bond donors (Lipinski definition) is 0. The molecule has 32 heavy (non-hydrogen) atoms. The lowest BCUT2D eigenvalue weighted by Gasteiger charge is -2.06. The van der Waals surface area contributed by atoms with E-state index in [9.17, 15) is 9.18 Å². The summed E-state index contributed by atoms with van der Waals surface area (Å²) in [6.07, 6.45) is 3.58. The van der Waals surface area contributed by atoms with Crippen LogP contribution in [0.3, 0.4) is 0 Å². The van der Waals surface area contributed by atoms with E-state index in [4.69, 9.17) is 0 Å². The van der Waals surface area contributed by atoms with Crippen molar-refractivity contribution in [3.05, 3.63) is 111 Å². The van der Waals surface area contributed by atoms with Crippen LogP contribution in [0.15, 0.2) is 87.3 Å².